The van der Waals surface area contributed by atoms with Gasteiger partial charge in [-0.15, -0.1) is 11.8 Å². The van der Waals surface area contributed by atoms with Gasteiger partial charge in [-0.25, -0.2) is 4.68 Å². The molecule has 0 bridgehead atoms. The molecule has 2 aromatic carbocycles. The van der Waals surface area contributed by atoms with Crippen LogP contribution in [0.5, 0.6) is 0 Å². The summed E-state index contributed by atoms with van der Waals surface area (Å²) in [6.07, 6.45) is 2.04. The van der Waals surface area contributed by atoms with Crippen molar-refractivity contribution in [2.75, 3.05) is 13.3 Å². The van der Waals surface area contributed by atoms with Crippen LogP contribution in [0.2, 0.25) is 5.15 Å². The number of para-hydroxylation sites is 1. The van der Waals surface area contributed by atoms with Gasteiger partial charge in [0.2, 0.25) is 0 Å². The molecule has 1 amide bonds. The van der Waals surface area contributed by atoms with Gasteiger partial charge in [0.1, 0.15) is 5.15 Å². The van der Waals surface area contributed by atoms with E-state index in [9.17, 15) is 4.79 Å². The largest absolute Gasteiger partial charge is 0.337 e. The van der Waals surface area contributed by atoms with Crippen LogP contribution < -0.4 is 0 Å². The molecule has 6 heteroatoms. The first-order valence-corrected chi connectivity index (χ1v) is 9.80. The lowest BCUT2D eigenvalue weighted by Gasteiger charge is -2.17. The Kier molecular flexibility index (Phi) is 5.69. The quantitative estimate of drug-likeness (QED) is 0.590. The van der Waals surface area contributed by atoms with Crippen molar-refractivity contribution in [3.63, 3.8) is 0 Å². The lowest BCUT2D eigenvalue weighted by atomic mass is 10.2. The maximum absolute atomic E-state index is 12.9. The van der Waals surface area contributed by atoms with Gasteiger partial charge in [-0.05, 0) is 43.0 Å². The maximum Gasteiger partial charge on any atom is 0.258 e. The number of hydrogen-bond acceptors (Lipinski definition) is 3. The van der Waals surface area contributed by atoms with Gasteiger partial charge in [-0.3, -0.25) is 4.79 Å². The van der Waals surface area contributed by atoms with Gasteiger partial charge in [-0.2, -0.15) is 5.10 Å². The van der Waals surface area contributed by atoms with Gasteiger partial charge in [0.15, 0.2) is 0 Å². The molecule has 0 unspecified atom stereocenters. The second-order valence-electron chi connectivity index (χ2n) is 6.01. The summed E-state index contributed by atoms with van der Waals surface area (Å²) < 4.78 is 1.60. The number of carbonyl (C=O) groups excluding carboxylic acids is 1. The number of halogens is 1. The molecule has 0 radical (unpaired) electrons. The average molecular weight is 386 g/mol. The van der Waals surface area contributed by atoms with Crippen LogP contribution in [0.1, 0.15) is 21.6 Å². The molecule has 26 heavy (non-hydrogen) atoms. The third-order valence-corrected chi connectivity index (χ3v) is 5.24. The van der Waals surface area contributed by atoms with Crippen molar-refractivity contribution in [1.82, 2.24) is 14.7 Å². The first-order valence-electron chi connectivity index (χ1n) is 8.20. The van der Waals surface area contributed by atoms with E-state index in [1.807, 2.05) is 48.7 Å². The SMILES string of the molecule is CSc1ccc(CN(C)C(=O)c2c(C)nn(-c3ccccc3)c2Cl)cc1. The second-order valence-corrected chi connectivity index (χ2v) is 7.25. The minimum absolute atomic E-state index is 0.136. The van der Waals surface area contributed by atoms with Crippen LogP contribution in [0.3, 0.4) is 0 Å². The van der Waals surface area contributed by atoms with Crippen LogP contribution in [-0.4, -0.2) is 33.9 Å². The summed E-state index contributed by atoms with van der Waals surface area (Å²) in [6, 6.07) is 17.8. The van der Waals surface area contributed by atoms with Gasteiger partial charge in [0, 0.05) is 18.5 Å². The number of amides is 1. The number of nitrogens with zero attached hydrogens (tertiary/aromatic N) is 3. The molecule has 0 spiro atoms. The standard InChI is InChI=1S/C20H20ClN3OS/c1-14-18(19(21)24(22-14)16-7-5-4-6-8-16)20(25)23(2)13-15-9-11-17(26-3)12-10-15/h4-12H,13H2,1-3H3. The molecule has 0 saturated heterocycles. The maximum atomic E-state index is 12.9. The highest BCUT2D eigenvalue weighted by molar-refractivity contribution is 7.98. The molecule has 0 saturated carbocycles. The summed E-state index contributed by atoms with van der Waals surface area (Å²) in [5, 5.41) is 4.78. The third-order valence-electron chi connectivity index (χ3n) is 4.14. The molecule has 134 valence electrons. The topological polar surface area (TPSA) is 38.1 Å². The normalized spacial score (nSPS) is 10.8. The van der Waals surface area contributed by atoms with Crippen molar-refractivity contribution in [1.29, 1.82) is 0 Å². The van der Waals surface area contributed by atoms with Crippen molar-refractivity contribution in [2.45, 2.75) is 18.4 Å². The number of thioether (sulfide) groups is 1. The Morgan fingerprint density at radius 1 is 1.15 bits per heavy atom. The number of aromatic nitrogens is 2. The summed E-state index contributed by atoms with van der Waals surface area (Å²) in [5.74, 6) is -0.136. The molecule has 0 fully saturated rings. The molecule has 0 N–H and O–H groups in total. The zero-order chi connectivity index (χ0) is 18.7. The number of hydrogen-bond donors (Lipinski definition) is 0. The van der Waals surface area contributed by atoms with Crippen LogP contribution in [0.4, 0.5) is 0 Å². The van der Waals surface area contributed by atoms with Crippen molar-refractivity contribution in [3.05, 3.63) is 76.6 Å². The van der Waals surface area contributed by atoms with E-state index in [0.717, 1.165) is 11.3 Å². The summed E-state index contributed by atoms with van der Waals surface area (Å²) in [6.45, 7) is 2.32. The van der Waals surface area contributed by atoms with Crippen molar-refractivity contribution < 1.29 is 4.79 Å². The smallest absolute Gasteiger partial charge is 0.258 e. The molecule has 3 rings (SSSR count). The predicted octanol–water partition coefficient (Wildman–Crippen LogP) is 4.83. The first kappa shape index (κ1) is 18.5. The molecule has 0 aliphatic carbocycles. The molecule has 3 aromatic rings. The lowest BCUT2D eigenvalue weighted by molar-refractivity contribution is 0.0784. The Bertz CT molecular complexity index is 907. The summed E-state index contributed by atoms with van der Waals surface area (Å²) in [4.78, 5) is 15.8. The van der Waals surface area contributed by atoms with Gasteiger partial charge < -0.3 is 4.90 Å². The number of benzene rings is 2. The molecule has 1 heterocycles. The van der Waals surface area contributed by atoms with Crippen LogP contribution in [0, 0.1) is 6.92 Å². The molecule has 0 aliphatic rings. The van der Waals surface area contributed by atoms with Crippen molar-refractivity contribution in [3.8, 4) is 5.69 Å². The second kappa shape index (κ2) is 7.98. The fourth-order valence-electron chi connectivity index (χ4n) is 2.75. The average Bonchev–Trinajstić information content (AvgIpc) is 2.96. The summed E-state index contributed by atoms with van der Waals surface area (Å²) in [5.41, 5.74) is 2.96. The highest BCUT2D eigenvalue weighted by atomic mass is 35.5. The summed E-state index contributed by atoms with van der Waals surface area (Å²) >= 11 is 8.19. The highest BCUT2D eigenvalue weighted by Crippen LogP contribution is 2.25. The summed E-state index contributed by atoms with van der Waals surface area (Å²) in [7, 11) is 1.78. The molecule has 1 aromatic heterocycles. The Hall–Kier alpha value is -2.24. The van der Waals surface area contributed by atoms with E-state index in [1.165, 1.54) is 4.90 Å². The zero-order valence-electron chi connectivity index (χ0n) is 14.9. The van der Waals surface area contributed by atoms with Crippen molar-refractivity contribution >= 4 is 29.3 Å². The van der Waals surface area contributed by atoms with Gasteiger partial charge in [0.25, 0.3) is 5.91 Å². The fourth-order valence-corrected chi connectivity index (χ4v) is 3.51. The number of rotatable bonds is 5. The van der Waals surface area contributed by atoms with E-state index in [0.29, 0.717) is 23.0 Å². The van der Waals surface area contributed by atoms with E-state index in [4.69, 9.17) is 11.6 Å². The van der Waals surface area contributed by atoms with Gasteiger partial charge >= 0.3 is 0 Å². The van der Waals surface area contributed by atoms with Crippen LogP contribution in [-0.2, 0) is 6.54 Å². The fraction of sp³-hybridized carbons (Fsp3) is 0.200. The Labute approximate surface area is 162 Å². The predicted molar refractivity (Wildman–Crippen MR) is 107 cm³/mol. The van der Waals surface area contributed by atoms with Crippen molar-refractivity contribution in [2.24, 2.45) is 0 Å². The van der Waals surface area contributed by atoms with E-state index >= 15 is 0 Å². The minimum Gasteiger partial charge on any atom is -0.337 e. The first-order chi connectivity index (χ1) is 12.5. The third kappa shape index (κ3) is 3.79. The van der Waals surface area contributed by atoms with Gasteiger partial charge in [0.05, 0.1) is 16.9 Å². The van der Waals surface area contributed by atoms with E-state index in [2.05, 4.69) is 17.2 Å². The Morgan fingerprint density at radius 2 is 1.81 bits per heavy atom. The number of aryl methyl sites for hydroxylation is 1. The Morgan fingerprint density at radius 3 is 2.42 bits per heavy atom. The van der Waals surface area contributed by atoms with E-state index in [-0.39, 0.29) is 5.91 Å². The van der Waals surface area contributed by atoms with E-state index in [1.54, 1.807) is 35.3 Å². The van der Waals surface area contributed by atoms with Gasteiger partial charge in [-0.1, -0.05) is 41.9 Å². The van der Waals surface area contributed by atoms with Crippen LogP contribution >= 0.6 is 23.4 Å². The molecule has 0 aliphatic heterocycles. The molecule has 4 nitrogen and oxygen atoms in total. The Balaban J connectivity index is 1.83. The molecular formula is C20H20ClN3OS. The van der Waals surface area contributed by atoms with Crippen LogP contribution in [0.25, 0.3) is 5.69 Å². The minimum atomic E-state index is -0.136. The number of carbonyl (C=O) groups is 1. The molecule has 0 atom stereocenters. The lowest BCUT2D eigenvalue weighted by Crippen LogP contribution is -2.26. The highest BCUT2D eigenvalue weighted by Gasteiger charge is 2.23. The van der Waals surface area contributed by atoms with E-state index < -0.39 is 0 Å². The molecular weight excluding hydrogens is 366 g/mol. The zero-order valence-corrected chi connectivity index (χ0v) is 16.5. The monoisotopic (exact) mass is 385 g/mol. The van der Waals surface area contributed by atoms with Crippen LogP contribution in [0.15, 0.2) is 59.5 Å².